The van der Waals surface area contributed by atoms with Crippen LogP contribution in [-0.4, -0.2) is 7.11 Å². The fourth-order valence-electron chi connectivity index (χ4n) is 1.16. The van der Waals surface area contributed by atoms with Gasteiger partial charge >= 0.3 is 5.63 Å². The maximum absolute atomic E-state index is 11.4. The lowest BCUT2D eigenvalue weighted by Gasteiger charge is -2.03. The number of rotatable bonds is 3. The third kappa shape index (κ3) is 2.86. The summed E-state index contributed by atoms with van der Waals surface area (Å²) < 4.78 is 10.2. The Morgan fingerprint density at radius 1 is 1.50 bits per heavy atom. The normalized spacial score (nSPS) is 12.1. The highest BCUT2D eigenvalue weighted by Gasteiger charge is 2.05. The highest BCUT2D eigenvalue weighted by atomic mass is 16.5. The van der Waals surface area contributed by atoms with Gasteiger partial charge in [0, 0.05) is 6.07 Å². The Morgan fingerprint density at radius 2 is 2.19 bits per heavy atom. The minimum atomic E-state index is -0.364. The maximum Gasteiger partial charge on any atom is 0.342 e. The second kappa shape index (κ2) is 5.35. The number of ether oxygens (including phenoxy) is 1. The van der Waals surface area contributed by atoms with E-state index in [1.54, 1.807) is 19.1 Å². The first-order valence-corrected chi connectivity index (χ1v) is 5.08. The third-order valence-electron chi connectivity index (χ3n) is 2.35. The van der Waals surface area contributed by atoms with Crippen molar-refractivity contribution in [3.8, 4) is 5.75 Å². The number of methoxy groups -OCH3 is 1. The molecular weight excluding hydrogens is 204 g/mol. The summed E-state index contributed by atoms with van der Waals surface area (Å²) in [6, 6.07) is 1.70. The first-order chi connectivity index (χ1) is 7.58. The Morgan fingerprint density at radius 3 is 2.75 bits per heavy atom. The first kappa shape index (κ1) is 12.3. The van der Waals surface area contributed by atoms with Crippen LogP contribution in [0.25, 0.3) is 6.08 Å². The number of allylic oxidation sites excluding steroid dienone is 3. The van der Waals surface area contributed by atoms with Crippen LogP contribution in [-0.2, 0) is 0 Å². The summed E-state index contributed by atoms with van der Waals surface area (Å²) in [5.74, 6) is 1.04. The molecule has 0 aliphatic heterocycles. The lowest BCUT2D eigenvalue weighted by Crippen LogP contribution is -2.05. The Bertz CT molecular complexity index is 478. The van der Waals surface area contributed by atoms with Gasteiger partial charge in [-0.05, 0) is 26.8 Å². The second-order valence-corrected chi connectivity index (χ2v) is 3.50. The summed E-state index contributed by atoms with van der Waals surface area (Å²) >= 11 is 0. The smallest absolute Gasteiger partial charge is 0.342 e. The summed E-state index contributed by atoms with van der Waals surface area (Å²) in [7, 11) is 1.53. The molecule has 0 radical (unpaired) electrons. The zero-order valence-corrected chi connectivity index (χ0v) is 10.0. The monoisotopic (exact) mass is 220 g/mol. The number of hydrogen-bond donors (Lipinski definition) is 0. The molecule has 3 heteroatoms. The molecule has 3 nitrogen and oxygen atoms in total. The Hall–Kier alpha value is -1.77. The van der Waals surface area contributed by atoms with Crippen molar-refractivity contribution in [3.05, 3.63) is 45.5 Å². The predicted octanol–water partition coefficient (Wildman–Crippen LogP) is 2.94. The largest absolute Gasteiger partial charge is 0.496 e. The van der Waals surface area contributed by atoms with Crippen molar-refractivity contribution in [2.45, 2.75) is 20.8 Å². The first-order valence-electron chi connectivity index (χ1n) is 5.08. The van der Waals surface area contributed by atoms with Crippen molar-refractivity contribution >= 4 is 6.08 Å². The molecule has 16 heavy (non-hydrogen) atoms. The molecule has 0 bridgehead atoms. The molecule has 0 N–H and O–H groups in total. The van der Waals surface area contributed by atoms with Crippen molar-refractivity contribution in [2.75, 3.05) is 7.11 Å². The van der Waals surface area contributed by atoms with E-state index in [0.717, 1.165) is 5.57 Å². The van der Waals surface area contributed by atoms with E-state index in [-0.39, 0.29) is 5.63 Å². The van der Waals surface area contributed by atoms with Crippen molar-refractivity contribution in [3.63, 3.8) is 0 Å². The molecule has 1 aromatic rings. The quantitative estimate of drug-likeness (QED) is 0.735. The van der Waals surface area contributed by atoms with Gasteiger partial charge in [0.25, 0.3) is 0 Å². The molecule has 0 fully saturated rings. The van der Waals surface area contributed by atoms with Crippen molar-refractivity contribution in [2.24, 2.45) is 0 Å². The van der Waals surface area contributed by atoms with E-state index in [1.165, 1.54) is 7.11 Å². The van der Waals surface area contributed by atoms with Gasteiger partial charge in [-0.3, -0.25) is 0 Å². The molecule has 0 saturated heterocycles. The summed E-state index contributed by atoms with van der Waals surface area (Å²) in [5, 5.41) is 0. The van der Waals surface area contributed by atoms with Gasteiger partial charge < -0.3 is 9.15 Å². The van der Waals surface area contributed by atoms with E-state index in [0.29, 0.717) is 17.1 Å². The molecule has 0 unspecified atom stereocenters. The van der Waals surface area contributed by atoms with Gasteiger partial charge in [-0.15, -0.1) is 0 Å². The molecule has 0 saturated carbocycles. The van der Waals surface area contributed by atoms with Crippen molar-refractivity contribution in [1.29, 1.82) is 0 Å². The molecule has 1 heterocycles. The van der Waals surface area contributed by atoms with Crippen LogP contribution >= 0.6 is 0 Å². The highest BCUT2D eigenvalue weighted by Crippen LogP contribution is 2.16. The van der Waals surface area contributed by atoms with E-state index in [4.69, 9.17) is 9.15 Å². The molecule has 1 rings (SSSR count). The van der Waals surface area contributed by atoms with Crippen molar-refractivity contribution < 1.29 is 9.15 Å². The van der Waals surface area contributed by atoms with Gasteiger partial charge in [-0.25, -0.2) is 4.79 Å². The Balaban J connectivity index is 3.13. The third-order valence-corrected chi connectivity index (χ3v) is 2.35. The van der Waals surface area contributed by atoms with Crippen LogP contribution in [0.2, 0.25) is 0 Å². The lowest BCUT2D eigenvalue weighted by molar-refractivity contribution is 0.395. The number of hydrogen-bond acceptors (Lipinski definition) is 3. The summed E-state index contributed by atoms with van der Waals surface area (Å²) in [5.41, 5.74) is 1.22. The lowest BCUT2D eigenvalue weighted by atomic mass is 10.2. The average molecular weight is 220 g/mol. The van der Waals surface area contributed by atoms with E-state index in [9.17, 15) is 4.79 Å². The van der Waals surface area contributed by atoms with Crippen LogP contribution < -0.4 is 10.4 Å². The predicted molar refractivity (Wildman–Crippen MR) is 64.7 cm³/mol. The standard InChI is InChI=1S/C13H16O3/c1-5-9(2)6-7-11-8-12(15-4)10(3)13(14)16-11/h5-8H,1-4H3/b7-6+,9-5+. The van der Waals surface area contributed by atoms with E-state index >= 15 is 0 Å². The minimum absolute atomic E-state index is 0.364. The van der Waals surface area contributed by atoms with Gasteiger partial charge in [-0.1, -0.05) is 17.7 Å². The Labute approximate surface area is 95.1 Å². The van der Waals surface area contributed by atoms with Crippen LogP contribution in [0.1, 0.15) is 25.2 Å². The van der Waals surface area contributed by atoms with Crippen LogP contribution in [0.3, 0.4) is 0 Å². The summed E-state index contributed by atoms with van der Waals surface area (Å²) in [4.78, 5) is 11.4. The van der Waals surface area contributed by atoms with Gasteiger partial charge in [0.1, 0.15) is 11.5 Å². The summed E-state index contributed by atoms with van der Waals surface area (Å²) in [6.07, 6.45) is 5.60. The molecule has 0 amide bonds. The zero-order valence-electron chi connectivity index (χ0n) is 10.0. The fraction of sp³-hybridized carbons (Fsp3) is 0.308. The van der Waals surface area contributed by atoms with Gasteiger partial charge in [0.15, 0.2) is 0 Å². The van der Waals surface area contributed by atoms with Gasteiger partial charge in [0.2, 0.25) is 0 Å². The molecule has 86 valence electrons. The maximum atomic E-state index is 11.4. The molecule has 0 atom stereocenters. The van der Waals surface area contributed by atoms with Crippen LogP contribution in [0.15, 0.2) is 33.0 Å². The SMILES string of the molecule is C/C=C(C)/C=C/c1cc(OC)c(C)c(=O)o1. The molecule has 0 aliphatic carbocycles. The average Bonchev–Trinajstić information content (AvgIpc) is 2.29. The molecule has 0 aromatic carbocycles. The van der Waals surface area contributed by atoms with E-state index in [2.05, 4.69) is 0 Å². The van der Waals surface area contributed by atoms with Crippen LogP contribution in [0, 0.1) is 6.92 Å². The minimum Gasteiger partial charge on any atom is -0.496 e. The zero-order chi connectivity index (χ0) is 12.1. The van der Waals surface area contributed by atoms with Gasteiger partial charge in [0.05, 0.1) is 12.7 Å². The Kier molecular flexibility index (Phi) is 4.11. The highest BCUT2D eigenvalue weighted by molar-refractivity contribution is 5.50. The molecule has 0 aliphatic rings. The summed E-state index contributed by atoms with van der Waals surface area (Å²) in [6.45, 7) is 5.60. The van der Waals surface area contributed by atoms with Gasteiger partial charge in [-0.2, -0.15) is 0 Å². The molecule has 0 spiro atoms. The van der Waals surface area contributed by atoms with Crippen LogP contribution in [0.4, 0.5) is 0 Å². The molecule has 1 aromatic heterocycles. The van der Waals surface area contributed by atoms with E-state index < -0.39 is 0 Å². The fourth-order valence-corrected chi connectivity index (χ4v) is 1.16. The topological polar surface area (TPSA) is 39.4 Å². The van der Waals surface area contributed by atoms with Crippen LogP contribution in [0.5, 0.6) is 5.75 Å². The molecular formula is C13H16O3. The van der Waals surface area contributed by atoms with Crippen molar-refractivity contribution in [1.82, 2.24) is 0 Å². The van der Waals surface area contributed by atoms with E-state index in [1.807, 2.05) is 26.0 Å². The second-order valence-electron chi connectivity index (χ2n) is 3.50.